The van der Waals surface area contributed by atoms with Crippen molar-refractivity contribution in [1.82, 2.24) is 0 Å². The SMILES string of the molecule is CC(C)(C)c1ccc(P(O)(O)(O)c2ccc(C(C)(C)C)cc2)cc1.[H-].[Na+]. The van der Waals surface area contributed by atoms with Crippen molar-refractivity contribution >= 4 is 17.9 Å². The van der Waals surface area contributed by atoms with Crippen molar-refractivity contribution in [3.8, 4) is 0 Å². The van der Waals surface area contributed by atoms with Crippen LogP contribution >= 0.6 is 7.28 Å². The van der Waals surface area contributed by atoms with Gasteiger partial charge in [-0.1, -0.05) is 0 Å². The van der Waals surface area contributed by atoms with Crippen LogP contribution < -0.4 is 40.2 Å². The van der Waals surface area contributed by atoms with Gasteiger partial charge in [0.05, 0.1) is 0 Å². The number of hydrogen-bond donors (Lipinski definition) is 3. The molecule has 2 aromatic rings. The van der Waals surface area contributed by atoms with Crippen molar-refractivity contribution in [1.29, 1.82) is 0 Å². The second kappa shape index (κ2) is 7.05. The topological polar surface area (TPSA) is 60.7 Å². The molecule has 25 heavy (non-hydrogen) atoms. The van der Waals surface area contributed by atoms with E-state index in [0.717, 1.165) is 11.1 Å². The molecular formula is C20H30NaO3P. The second-order valence-electron chi connectivity index (χ2n) is 8.57. The molecule has 0 saturated heterocycles. The summed E-state index contributed by atoms with van der Waals surface area (Å²) in [6.07, 6.45) is 0. The van der Waals surface area contributed by atoms with Gasteiger partial charge >= 0.3 is 174 Å². The van der Waals surface area contributed by atoms with Crippen LogP contribution in [0.2, 0.25) is 0 Å². The van der Waals surface area contributed by atoms with Crippen LogP contribution in [0, 0.1) is 0 Å². The van der Waals surface area contributed by atoms with E-state index in [9.17, 15) is 14.7 Å². The van der Waals surface area contributed by atoms with Gasteiger partial charge < -0.3 is 1.43 Å². The standard InChI is InChI=1S/C20H29O3P.Na.H/c1-19(2,3)15-7-11-17(12-8-15)24(21,22,23)18-13-9-16(10-14-18)20(4,5)6;;/h7-14,21-23H,1-6H3;;/q;+1;-1. The maximum atomic E-state index is 10.8. The van der Waals surface area contributed by atoms with Crippen LogP contribution in [0.15, 0.2) is 48.5 Å². The average molecular weight is 372 g/mol. The molecule has 0 aromatic heterocycles. The summed E-state index contributed by atoms with van der Waals surface area (Å²) in [5.41, 5.74) is 2.07. The number of rotatable bonds is 2. The molecule has 3 nitrogen and oxygen atoms in total. The van der Waals surface area contributed by atoms with E-state index in [1.54, 1.807) is 24.3 Å². The molecule has 0 radical (unpaired) electrons. The second-order valence-corrected chi connectivity index (χ2v) is 11.6. The molecule has 5 heteroatoms. The van der Waals surface area contributed by atoms with Gasteiger partial charge in [-0.15, -0.1) is 0 Å². The van der Waals surface area contributed by atoms with E-state index in [1.807, 2.05) is 24.3 Å². The Morgan fingerprint density at radius 3 is 1.04 bits per heavy atom. The average Bonchev–Trinajstić information content (AvgIpc) is 2.45. The van der Waals surface area contributed by atoms with Crippen molar-refractivity contribution in [2.45, 2.75) is 52.4 Å². The van der Waals surface area contributed by atoms with Gasteiger partial charge in [0.25, 0.3) is 0 Å². The van der Waals surface area contributed by atoms with Crippen LogP contribution in [-0.4, -0.2) is 14.7 Å². The summed E-state index contributed by atoms with van der Waals surface area (Å²) < 4.78 is 0. The van der Waals surface area contributed by atoms with Gasteiger partial charge in [0.1, 0.15) is 0 Å². The Kier molecular flexibility index (Phi) is 6.43. The quantitative estimate of drug-likeness (QED) is 0.535. The smallest absolute Gasteiger partial charge is 1.00 e. The van der Waals surface area contributed by atoms with Crippen molar-refractivity contribution in [2.24, 2.45) is 0 Å². The predicted molar refractivity (Wildman–Crippen MR) is 104 cm³/mol. The molecule has 3 N–H and O–H groups in total. The molecule has 0 saturated carbocycles. The first kappa shape index (κ1) is 22.8. The Morgan fingerprint density at radius 2 is 0.840 bits per heavy atom. The van der Waals surface area contributed by atoms with Crippen LogP contribution in [-0.2, 0) is 10.8 Å². The molecule has 2 rings (SSSR count). The number of benzene rings is 2. The van der Waals surface area contributed by atoms with Crippen LogP contribution in [0.3, 0.4) is 0 Å². The van der Waals surface area contributed by atoms with Crippen molar-refractivity contribution in [3.63, 3.8) is 0 Å². The summed E-state index contributed by atoms with van der Waals surface area (Å²) >= 11 is 0. The van der Waals surface area contributed by atoms with E-state index in [2.05, 4.69) is 41.5 Å². The molecule has 0 aliphatic carbocycles. The fraction of sp³-hybridized carbons (Fsp3) is 0.400. The first-order valence-electron chi connectivity index (χ1n) is 8.19. The Balaban J connectivity index is 0.00000312. The molecule has 0 heterocycles. The van der Waals surface area contributed by atoms with E-state index in [0.29, 0.717) is 0 Å². The molecule has 0 bridgehead atoms. The molecule has 2 aromatic carbocycles. The maximum Gasteiger partial charge on any atom is 1.00 e. The van der Waals surface area contributed by atoms with Crippen molar-refractivity contribution in [2.75, 3.05) is 0 Å². The summed E-state index contributed by atoms with van der Waals surface area (Å²) in [5, 5.41) is 0.301. The zero-order valence-corrected chi connectivity index (χ0v) is 19.3. The van der Waals surface area contributed by atoms with Gasteiger partial charge in [0.2, 0.25) is 0 Å². The third-order valence-electron chi connectivity index (χ3n) is 4.42. The summed E-state index contributed by atoms with van der Waals surface area (Å²) in [4.78, 5) is 32.3. The summed E-state index contributed by atoms with van der Waals surface area (Å²) in [6.45, 7) is 12.5. The number of hydrogen-bond acceptors (Lipinski definition) is 3. The normalized spacial score (nSPS) is 14.4. The molecule has 0 atom stereocenters. The first-order valence-corrected chi connectivity index (χ1v) is 10.3. The third-order valence-corrected chi connectivity index (χ3v) is 6.92. The monoisotopic (exact) mass is 372 g/mol. The van der Waals surface area contributed by atoms with Gasteiger partial charge in [-0.25, -0.2) is 0 Å². The minimum Gasteiger partial charge on any atom is -1.00 e. The first-order chi connectivity index (χ1) is 10.7. The third kappa shape index (κ3) is 4.93. The van der Waals surface area contributed by atoms with E-state index in [4.69, 9.17) is 0 Å². The van der Waals surface area contributed by atoms with Crippen LogP contribution in [0.25, 0.3) is 0 Å². The summed E-state index contributed by atoms with van der Waals surface area (Å²) in [7, 11) is -5.11. The van der Waals surface area contributed by atoms with Crippen LogP contribution in [0.5, 0.6) is 0 Å². The Labute approximate surface area is 175 Å². The van der Waals surface area contributed by atoms with Crippen molar-refractivity contribution in [3.05, 3.63) is 59.7 Å². The molecule has 134 valence electrons. The summed E-state index contributed by atoms with van der Waals surface area (Å²) in [6, 6.07) is 13.8. The van der Waals surface area contributed by atoms with E-state index in [1.165, 1.54) is 0 Å². The fourth-order valence-corrected chi connectivity index (χ4v) is 4.32. The van der Waals surface area contributed by atoms with Gasteiger partial charge in [-0.2, -0.15) is 0 Å². The van der Waals surface area contributed by atoms with E-state index in [-0.39, 0.29) is 52.4 Å². The minimum atomic E-state index is -5.11. The fourth-order valence-electron chi connectivity index (χ4n) is 2.62. The molecule has 0 spiro atoms. The Hall–Kier alpha value is -0.250. The molecule has 0 aliphatic heterocycles. The van der Waals surface area contributed by atoms with Crippen LogP contribution in [0.1, 0.15) is 54.1 Å². The maximum absolute atomic E-state index is 10.8. The van der Waals surface area contributed by atoms with Crippen molar-refractivity contribution < 1.29 is 45.7 Å². The molecule has 0 amide bonds. The van der Waals surface area contributed by atoms with E-state index < -0.39 is 7.28 Å². The van der Waals surface area contributed by atoms with Gasteiger partial charge in [0.15, 0.2) is 0 Å². The molecular weight excluding hydrogens is 342 g/mol. The van der Waals surface area contributed by atoms with Gasteiger partial charge in [-0.05, 0) is 0 Å². The Morgan fingerprint density at radius 1 is 0.600 bits per heavy atom. The molecule has 0 fully saturated rings. The Bertz CT molecular complexity index is 660. The predicted octanol–water partition coefficient (Wildman–Crippen LogP) is 0.624. The van der Waals surface area contributed by atoms with Crippen LogP contribution in [0.4, 0.5) is 0 Å². The summed E-state index contributed by atoms with van der Waals surface area (Å²) in [5.74, 6) is 0. The van der Waals surface area contributed by atoms with E-state index >= 15 is 0 Å². The zero-order chi connectivity index (χ0) is 18.4. The molecule has 0 aliphatic rings. The molecule has 0 unspecified atom stereocenters. The largest absolute Gasteiger partial charge is 1.00 e. The van der Waals surface area contributed by atoms with Gasteiger partial charge in [0, 0.05) is 0 Å². The minimum absolute atomic E-state index is 0. The van der Waals surface area contributed by atoms with Gasteiger partial charge in [-0.3, -0.25) is 0 Å². The zero-order valence-electron chi connectivity index (χ0n) is 17.4.